The Morgan fingerprint density at radius 3 is 2.39 bits per heavy atom. The fourth-order valence-corrected chi connectivity index (χ4v) is 13.1. The van der Waals surface area contributed by atoms with Crippen LogP contribution in [0.2, 0.25) is 0 Å². The zero-order valence-electron chi connectivity index (χ0n) is 23.3. The number of aliphatic hydroxyl groups excluding tert-OH is 2. The Balaban J connectivity index is 1.36. The first-order valence-electron chi connectivity index (χ1n) is 14.9. The number of thioether (sulfide) groups is 1. The highest BCUT2D eigenvalue weighted by atomic mass is 32.2. The normalized spacial score (nSPS) is 51.5. The van der Waals surface area contributed by atoms with Gasteiger partial charge in [0.15, 0.2) is 0 Å². The van der Waals surface area contributed by atoms with Crippen molar-refractivity contribution in [3.63, 3.8) is 0 Å². The SMILES string of the molecule is CC1(C)[C@@H](O)CC[C@]2(C)[C@H]3CC[C@@H]4[C@H]5[C@H](Sc6ccccn6)CC[C@]5(CO)CC[C@@]4(C)[C@]3(C)CC[C@@H]12. The van der Waals surface area contributed by atoms with E-state index < -0.39 is 0 Å². The third-order valence-electron chi connectivity index (χ3n) is 13.8. The summed E-state index contributed by atoms with van der Waals surface area (Å²) in [7, 11) is 0. The molecule has 5 aliphatic carbocycles. The van der Waals surface area contributed by atoms with Gasteiger partial charge in [0, 0.05) is 18.1 Å². The van der Waals surface area contributed by atoms with E-state index in [1.807, 2.05) is 24.0 Å². The predicted molar refractivity (Wildman–Crippen MR) is 148 cm³/mol. The number of fused-ring (bicyclic) bond motifs is 7. The van der Waals surface area contributed by atoms with E-state index in [0.717, 1.165) is 17.4 Å². The fourth-order valence-electron chi connectivity index (χ4n) is 11.6. The first kappa shape index (κ1) is 25.7. The topological polar surface area (TPSA) is 53.4 Å². The van der Waals surface area contributed by atoms with Crippen molar-refractivity contribution in [3.8, 4) is 0 Å². The minimum Gasteiger partial charge on any atom is -0.396 e. The Morgan fingerprint density at radius 2 is 1.67 bits per heavy atom. The van der Waals surface area contributed by atoms with E-state index >= 15 is 0 Å². The molecule has 0 bridgehead atoms. The van der Waals surface area contributed by atoms with Crippen LogP contribution in [0.3, 0.4) is 0 Å². The summed E-state index contributed by atoms with van der Waals surface area (Å²) in [5.74, 6) is 2.62. The summed E-state index contributed by atoms with van der Waals surface area (Å²) in [6, 6.07) is 6.30. The minimum atomic E-state index is -0.158. The molecule has 200 valence electrons. The van der Waals surface area contributed by atoms with Gasteiger partial charge in [-0.1, -0.05) is 40.7 Å². The molecule has 10 atom stereocenters. The number of aliphatic hydroxyl groups is 2. The molecule has 0 aromatic carbocycles. The summed E-state index contributed by atoms with van der Waals surface area (Å²) in [4.78, 5) is 4.68. The van der Waals surface area contributed by atoms with Crippen LogP contribution in [0.25, 0.3) is 0 Å². The lowest BCUT2D eigenvalue weighted by Crippen LogP contribution is -2.66. The van der Waals surface area contributed by atoms with Gasteiger partial charge in [0.1, 0.15) is 0 Å². The van der Waals surface area contributed by atoms with Crippen LogP contribution in [0, 0.1) is 50.7 Å². The lowest BCUT2D eigenvalue weighted by Gasteiger charge is -2.72. The molecule has 0 saturated heterocycles. The van der Waals surface area contributed by atoms with Crippen LogP contribution in [0.15, 0.2) is 29.4 Å². The van der Waals surface area contributed by atoms with E-state index in [1.54, 1.807) is 0 Å². The van der Waals surface area contributed by atoms with Gasteiger partial charge < -0.3 is 10.2 Å². The molecule has 2 N–H and O–H groups in total. The third-order valence-corrected chi connectivity index (χ3v) is 15.1. The molecule has 1 aromatic rings. The summed E-state index contributed by atoms with van der Waals surface area (Å²) >= 11 is 2.00. The van der Waals surface area contributed by atoms with Crippen LogP contribution < -0.4 is 0 Å². The second kappa shape index (κ2) is 8.46. The summed E-state index contributed by atoms with van der Waals surface area (Å²) in [5.41, 5.74) is 1.11. The zero-order valence-corrected chi connectivity index (χ0v) is 24.1. The quantitative estimate of drug-likeness (QED) is 0.445. The molecule has 5 aliphatic rings. The van der Waals surface area contributed by atoms with E-state index in [0.29, 0.717) is 45.9 Å². The Labute approximate surface area is 223 Å². The number of aromatic nitrogens is 1. The van der Waals surface area contributed by atoms with Gasteiger partial charge in [0.05, 0.1) is 11.1 Å². The maximum atomic E-state index is 11.0. The van der Waals surface area contributed by atoms with Crippen molar-refractivity contribution in [3.05, 3.63) is 24.4 Å². The second-order valence-electron chi connectivity index (χ2n) is 15.0. The van der Waals surface area contributed by atoms with E-state index in [-0.39, 0.29) is 16.9 Å². The summed E-state index contributed by atoms with van der Waals surface area (Å²) < 4.78 is 0. The van der Waals surface area contributed by atoms with Crippen LogP contribution >= 0.6 is 11.8 Å². The molecule has 0 unspecified atom stereocenters. The fraction of sp³-hybridized carbons (Fsp3) is 0.844. The third kappa shape index (κ3) is 3.28. The molecule has 1 heterocycles. The van der Waals surface area contributed by atoms with Gasteiger partial charge in [-0.15, -0.1) is 11.8 Å². The van der Waals surface area contributed by atoms with Crippen LogP contribution in [0.1, 0.15) is 98.8 Å². The predicted octanol–water partition coefficient (Wildman–Crippen LogP) is 7.36. The number of rotatable bonds is 3. The van der Waals surface area contributed by atoms with Crippen molar-refractivity contribution >= 4 is 11.8 Å². The van der Waals surface area contributed by atoms with Crippen molar-refractivity contribution in [2.24, 2.45) is 50.7 Å². The maximum Gasteiger partial charge on any atom is 0.0962 e. The van der Waals surface area contributed by atoms with Gasteiger partial charge in [-0.3, -0.25) is 0 Å². The molecule has 6 rings (SSSR count). The van der Waals surface area contributed by atoms with Crippen molar-refractivity contribution in [1.82, 2.24) is 4.98 Å². The van der Waals surface area contributed by atoms with Gasteiger partial charge >= 0.3 is 0 Å². The zero-order chi connectivity index (χ0) is 25.6. The van der Waals surface area contributed by atoms with Gasteiger partial charge in [-0.05, 0) is 127 Å². The molecule has 4 heteroatoms. The monoisotopic (exact) mass is 511 g/mol. The molecule has 0 spiro atoms. The Morgan fingerprint density at radius 1 is 0.861 bits per heavy atom. The lowest BCUT2D eigenvalue weighted by atomic mass is 9.32. The summed E-state index contributed by atoms with van der Waals surface area (Å²) in [5, 5.41) is 23.5. The van der Waals surface area contributed by atoms with Crippen LogP contribution in [-0.4, -0.2) is 33.2 Å². The number of pyridine rings is 1. The van der Waals surface area contributed by atoms with Crippen LogP contribution in [-0.2, 0) is 0 Å². The minimum absolute atomic E-state index is 0.0144. The average Bonchev–Trinajstić information content (AvgIpc) is 3.21. The second-order valence-corrected chi connectivity index (χ2v) is 16.2. The lowest BCUT2D eigenvalue weighted by molar-refractivity contribution is -0.247. The summed E-state index contributed by atoms with van der Waals surface area (Å²) in [6.45, 7) is 13.0. The molecule has 1 aromatic heterocycles. The van der Waals surface area contributed by atoms with E-state index in [2.05, 4.69) is 51.7 Å². The van der Waals surface area contributed by atoms with E-state index in [9.17, 15) is 10.2 Å². The maximum absolute atomic E-state index is 11.0. The van der Waals surface area contributed by atoms with Crippen molar-refractivity contribution in [1.29, 1.82) is 0 Å². The molecule has 5 saturated carbocycles. The smallest absolute Gasteiger partial charge is 0.0962 e. The van der Waals surface area contributed by atoms with Gasteiger partial charge in [0.2, 0.25) is 0 Å². The summed E-state index contributed by atoms with van der Waals surface area (Å²) in [6.07, 6.45) is 14.0. The molecular formula is C32H49NO2S. The van der Waals surface area contributed by atoms with Crippen LogP contribution in [0.5, 0.6) is 0 Å². The average molecular weight is 512 g/mol. The van der Waals surface area contributed by atoms with E-state index in [1.165, 1.54) is 57.8 Å². The Kier molecular flexibility index (Phi) is 6.03. The van der Waals surface area contributed by atoms with Gasteiger partial charge in [-0.25, -0.2) is 4.98 Å². The number of hydrogen-bond acceptors (Lipinski definition) is 4. The first-order chi connectivity index (χ1) is 17.0. The molecule has 36 heavy (non-hydrogen) atoms. The standard InChI is InChI=1S/C32H49NO2S/c1-28(2)23-12-15-31(5)24(29(23,3)14-13-25(28)35)10-9-21-27-22(36-26-8-6-7-19-33-26)11-16-32(27,20-34)18-17-30(21,31)4/h6-8,19,21-25,27,34-35H,9-18,20H2,1-5H3/t21-,22-,23+,24-,25+,27+,29+,30-,31-,32-/m1/s1. The molecule has 0 radical (unpaired) electrons. The molecular weight excluding hydrogens is 462 g/mol. The first-order valence-corrected chi connectivity index (χ1v) is 15.8. The Bertz CT molecular complexity index is 984. The van der Waals surface area contributed by atoms with Crippen molar-refractivity contribution in [2.75, 3.05) is 6.61 Å². The van der Waals surface area contributed by atoms with Crippen LogP contribution in [0.4, 0.5) is 0 Å². The Hall–Kier alpha value is -0.580. The van der Waals surface area contributed by atoms with Crippen molar-refractivity contribution < 1.29 is 10.2 Å². The van der Waals surface area contributed by atoms with Gasteiger partial charge in [-0.2, -0.15) is 0 Å². The molecule has 5 fully saturated rings. The molecule has 3 nitrogen and oxygen atoms in total. The number of nitrogens with zero attached hydrogens (tertiary/aromatic N) is 1. The van der Waals surface area contributed by atoms with Crippen molar-refractivity contribution in [2.45, 2.75) is 115 Å². The number of hydrogen-bond donors (Lipinski definition) is 2. The highest BCUT2D eigenvalue weighted by Gasteiger charge is 2.70. The highest BCUT2D eigenvalue weighted by molar-refractivity contribution is 7.99. The van der Waals surface area contributed by atoms with E-state index in [4.69, 9.17) is 0 Å². The molecule has 0 amide bonds. The van der Waals surface area contributed by atoms with Gasteiger partial charge in [0.25, 0.3) is 0 Å². The highest BCUT2D eigenvalue weighted by Crippen LogP contribution is 2.77. The largest absolute Gasteiger partial charge is 0.396 e. The molecule has 0 aliphatic heterocycles.